The first kappa shape index (κ1) is 17.0. The second kappa shape index (κ2) is 8.31. The monoisotopic (exact) mass is 444 g/mol. The van der Waals surface area contributed by atoms with Gasteiger partial charge in [-0.1, -0.05) is 39.7 Å². The fraction of sp³-hybridized carbons (Fsp3) is 0.0667. The number of nitrogens with zero attached hydrogens (tertiary/aromatic N) is 1. The summed E-state index contributed by atoms with van der Waals surface area (Å²) >= 11 is 12.6. The molecule has 0 aliphatic carbocycles. The highest BCUT2D eigenvalue weighted by molar-refractivity contribution is 9.11. The van der Waals surface area contributed by atoms with E-state index in [9.17, 15) is 4.79 Å². The van der Waals surface area contributed by atoms with Crippen molar-refractivity contribution in [2.24, 2.45) is 5.10 Å². The lowest BCUT2D eigenvalue weighted by Crippen LogP contribution is -2.24. The first-order chi connectivity index (χ1) is 10.5. The minimum absolute atomic E-state index is 0.132. The predicted molar refractivity (Wildman–Crippen MR) is 94.5 cm³/mol. The van der Waals surface area contributed by atoms with Gasteiger partial charge in [0, 0.05) is 9.50 Å². The van der Waals surface area contributed by atoms with Crippen LogP contribution in [-0.2, 0) is 4.79 Å². The number of hydrazone groups is 1. The van der Waals surface area contributed by atoms with Crippen LogP contribution < -0.4 is 10.2 Å². The topological polar surface area (TPSA) is 50.7 Å². The van der Waals surface area contributed by atoms with E-state index in [4.69, 9.17) is 16.3 Å². The molecule has 2 aromatic rings. The molecule has 22 heavy (non-hydrogen) atoms. The van der Waals surface area contributed by atoms with Crippen LogP contribution in [0.15, 0.2) is 56.5 Å². The van der Waals surface area contributed by atoms with E-state index in [1.807, 2.05) is 18.2 Å². The minimum Gasteiger partial charge on any atom is -0.483 e. The number of benzene rings is 2. The zero-order valence-corrected chi connectivity index (χ0v) is 15.2. The third-order valence-corrected chi connectivity index (χ3v) is 3.85. The normalized spacial score (nSPS) is 10.7. The zero-order chi connectivity index (χ0) is 15.9. The van der Waals surface area contributed by atoms with Crippen LogP contribution in [0.2, 0.25) is 5.02 Å². The van der Waals surface area contributed by atoms with Crippen molar-refractivity contribution in [1.82, 2.24) is 5.43 Å². The highest BCUT2D eigenvalue weighted by Crippen LogP contribution is 2.28. The quantitative estimate of drug-likeness (QED) is 0.547. The summed E-state index contributed by atoms with van der Waals surface area (Å²) in [7, 11) is 0. The highest BCUT2D eigenvalue weighted by atomic mass is 79.9. The first-order valence-corrected chi connectivity index (χ1v) is 8.16. The summed E-state index contributed by atoms with van der Waals surface area (Å²) in [4.78, 5) is 11.7. The lowest BCUT2D eigenvalue weighted by molar-refractivity contribution is -0.123. The van der Waals surface area contributed by atoms with E-state index in [1.165, 1.54) is 6.21 Å². The zero-order valence-electron chi connectivity index (χ0n) is 11.2. The van der Waals surface area contributed by atoms with Crippen molar-refractivity contribution < 1.29 is 9.53 Å². The molecular formula is C15H11Br2ClN2O2. The molecule has 114 valence electrons. The molecule has 0 aliphatic rings. The molecule has 7 heteroatoms. The molecule has 0 fully saturated rings. The molecule has 0 heterocycles. The van der Waals surface area contributed by atoms with Crippen molar-refractivity contribution in [2.75, 3.05) is 6.61 Å². The van der Waals surface area contributed by atoms with E-state index in [-0.39, 0.29) is 12.5 Å². The Morgan fingerprint density at radius 3 is 2.82 bits per heavy atom. The Morgan fingerprint density at radius 2 is 2.09 bits per heavy atom. The van der Waals surface area contributed by atoms with Gasteiger partial charge in [0.25, 0.3) is 5.91 Å². The Labute approximate surface area is 149 Å². The van der Waals surface area contributed by atoms with Gasteiger partial charge in [-0.3, -0.25) is 4.79 Å². The molecule has 0 unspecified atom stereocenters. The molecule has 0 aromatic heterocycles. The number of hydrogen-bond acceptors (Lipinski definition) is 3. The van der Waals surface area contributed by atoms with Gasteiger partial charge in [0.2, 0.25) is 0 Å². The number of rotatable bonds is 5. The van der Waals surface area contributed by atoms with Crippen molar-refractivity contribution in [3.63, 3.8) is 0 Å². The summed E-state index contributed by atoms with van der Waals surface area (Å²) in [5, 5.41) is 4.46. The van der Waals surface area contributed by atoms with E-state index in [2.05, 4.69) is 42.4 Å². The van der Waals surface area contributed by atoms with Crippen LogP contribution in [0.3, 0.4) is 0 Å². The largest absolute Gasteiger partial charge is 0.483 e. The van der Waals surface area contributed by atoms with E-state index >= 15 is 0 Å². The fourth-order valence-corrected chi connectivity index (χ4v) is 2.89. The van der Waals surface area contributed by atoms with Crippen LogP contribution in [0, 0.1) is 0 Å². The summed E-state index contributed by atoms with van der Waals surface area (Å²) in [6.07, 6.45) is 1.51. The molecular weight excluding hydrogens is 435 g/mol. The molecule has 1 N–H and O–H groups in total. The number of carbonyl (C=O) groups is 1. The maximum atomic E-state index is 11.7. The Balaban J connectivity index is 1.83. The average molecular weight is 447 g/mol. The summed E-state index contributed by atoms with van der Waals surface area (Å²) in [6.45, 7) is -0.132. The van der Waals surface area contributed by atoms with Crippen LogP contribution in [0.25, 0.3) is 0 Å². The lowest BCUT2D eigenvalue weighted by Gasteiger charge is -2.07. The van der Waals surface area contributed by atoms with Crippen molar-refractivity contribution in [1.29, 1.82) is 0 Å². The predicted octanol–water partition coefficient (Wildman–Crippen LogP) is 4.39. The average Bonchev–Trinajstić information content (AvgIpc) is 2.46. The van der Waals surface area contributed by atoms with Gasteiger partial charge in [-0.2, -0.15) is 5.10 Å². The molecule has 0 radical (unpaired) electrons. The Bertz CT molecular complexity index is 708. The van der Waals surface area contributed by atoms with Crippen molar-refractivity contribution >= 4 is 55.6 Å². The SMILES string of the molecule is O=C(COc1ccc(Br)cc1Br)N/N=C/c1cccc(Cl)c1. The van der Waals surface area contributed by atoms with Gasteiger partial charge in [0.15, 0.2) is 6.61 Å². The molecule has 0 aliphatic heterocycles. The van der Waals surface area contributed by atoms with Gasteiger partial charge in [-0.05, 0) is 51.8 Å². The maximum Gasteiger partial charge on any atom is 0.277 e. The van der Waals surface area contributed by atoms with Crippen LogP contribution in [0.4, 0.5) is 0 Å². The van der Waals surface area contributed by atoms with Crippen LogP contribution >= 0.6 is 43.5 Å². The van der Waals surface area contributed by atoms with Gasteiger partial charge >= 0.3 is 0 Å². The number of amides is 1. The molecule has 0 bridgehead atoms. The van der Waals surface area contributed by atoms with Crippen molar-refractivity contribution in [2.45, 2.75) is 0 Å². The van der Waals surface area contributed by atoms with Crippen molar-refractivity contribution in [3.8, 4) is 5.75 Å². The highest BCUT2D eigenvalue weighted by Gasteiger charge is 2.05. The summed E-state index contributed by atoms with van der Waals surface area (Å²) < 4.78 is 7.08. The van der Waals surface area contributed by atoms with E-state index in [0.29, 0.717) is 10.8 Å². The maximum absolute atomic E-state index is 11.7. The van der Waals surface area contributed by atoms with Crippen LogP contribution in [0.1, 0.15) is 5.56 Å². The molecule has 0 saturated heterocycles. The molecule has 4 nitrogen and oxygen atoms in total. The van der Waals surface area contributed by atoms with Gasteiger partial charge < -0.3 is 4.74 Å². The third kappa shape index (κ3) is 5.44. The number of halogens is 3. The Hall–Kier alpha value is -1.37. The summed E-state index contributed by atoms with van der Waals surface area (Å²) in [5.74, 6) is 0.227. The standard InChI is InChI=1S/C15H11Br2ClN2O2/c16-11-4-5-14(13(17)7-11)22-9-15(21)20-19-8-10-2-1-3-12(18)6-10/h1-8H,9H2,(H,20,21)/b19-8+. The van der Waals surface area contributed by atoms with Gasteiger partial charge in [-0.15, -0.1) is 0 Å². The Kier molecular flexibility index (Phi) is 6.42. The van der Waals surface area contributed by atoms with Gasteiger partial charge in [0.05, 0.1) is 10.7 Å². The van der Waals surface area contributed by atoms with Crippen LogP contribution in [0.5, 0.6) is 5.75 Å². The van der Waals surface area contributed by atoms with Gasteiger partial charge in [0.1, 0.15) is 5.75 Å². The van der Waals surface area contributed by atoms with Crippen LogP contribution in [-0.4, -0.2) is 18.7 Å². The van der Waals surface area contributed by atoms with Crippen molar-refractivity contribution in [3.05, 3.63) is 62.0 Å². The van der Waals surface area contributed by atoms with Gasteiger partial charge in [-0.25, -0.2) is 5.43 Å². The number of hydrogen-bond donors (Lipinski definition) is 1. The fourth-order valence-electron chi connectivity index (χ4n) is 1.53. The summed E-state index contributed by atoms with van der Waals surface area (Å²) in [6, 6.07) is 12.6. The first-order valence-electron chi connectivity index (χ1n) is 6.20. The number of nitrogens with one attached hydrogen (secondary N) is 1. The molecule has 2 rings (SSSR count). The minimum atomic E-state index is -0.354. The summed E-state index contributed by atoms with van der Waals surface area (Å²) in [5.41, 5.74) is 3.19. The second-order valence-corrected chi connectivity index (χ2v) is 6.42. The molecule has 2 aromatic carbocycles. The smallest absolute Gasteiger partial charge is 0.277 e. The third-order valence-electron chi connectivity index (χ3n) is 2.50. The molecule has 0 atom stereocenters. The molecule has 0 saturated carbocycles. The lowest BCUT2D eigenvalue weighted by atomic mass is 10.2. The Morgan fingerprint density at radius 1 is 1.27 bits per heavy atom. The van der Waals surface area contributed by atoms with E-state index in [0.717, 1.165) is 14.5 Å². The second-order valence-electron chi connectivity index (χ2n) is 4.21. The van der Waals surface area contributed by atoms with E-state index in [1.54, 1.807) is 24.3 Å². The molecule has 1 amide bonds. The molecule has 0 spiro atoms. The van der Waals surface area contributed by atoms with E-state index < -0.39 is 0 Å². The number of carbonyl (C=O) groups excluding carboxylic acids is 1. The number of ether oxygens (including phenoxy) is 1.